The minimum Gasteiger partial charge on any atom is -0.481 e. The molecule has 0 aliphatic rings. The van der Waals surface area contributed by atoms with E-state index in [2.05, 4.69) is 0 Å². The Hall–Kier alpha value is -1.02. The fraction of sp³-hybridized carbons (Fsp3) is 0.417. The average molecular weight is 227 g/mol. The Balaban J connectivity index is 3.24. The lowest BCUT2D eigenvalue weighted by Crippen LogP contribution is -2.12. The number of halogens is 1. The molecule has 15 heavy (non-hydrogen) atoms. The summed E-state index contributed by atoms with van der Waals surface area (Å²) in [7, 11) is 0. The summed E-state index contributed by atoms with van der Waals surface area (Å²) < 4.78 is 0. The molecule has 0 fully saturated rings. The molecule has 0 radical (unpaired) electrons. The first-order valence-electron chi connectivity index (χ1n) is 4.96. The molecule has 0 saturated heterocycles. The maximum absolute atomic E-state index is 11.0. The van der Waals surface area contributed by atoms with Crippen molar-refractivity contribution in [3.8, 4) is 0 Å². The quantitative estimate of drug-likeness (QED) is 0.856. The van der Waals surface area contributed by atoms with Crippen molar-refractivity contribution in [2.75, 3.05) is 0 Å². The van der Waals surface area contributed by atoms with Gasteiger partial charge in [0.05, 0.1) is 5.92 Å². The van der Waals surface area contributed by atoms with Gasteiger partial charge in [-0.3, -0.25) is 4.79 Å². The molecule has 1 rings (SSSR count). The molecule has 0 amide bonds. The number of carboxylic acids is 1. The van der Waals surface area contributed by atoms with Gasteiger partial charge >= 0.3 is 5.97 Å². The van der Waals surface area contributed by atoms with Crippen molar-refractivity contribution in [2.45, 2.75) is 33.1 Å². The lowest BCUT2D eigenvalue weighted by molar-refractivity contribution is -0.138. The lowest BCUT2D eigenvalue weighted by Gasteiger charge is -2.14. The first-order valence-corrected chi connectivity index (χ1v) is 5.34. The second kappa shape index (κ2) is 4.67. The molecule has 82 valence electrons. The summed E-state index contributed by atoms with van der Waals surface area (Å²) >= 11 is 5.97. The largest absolute Gasteiger partial charge is 0.481 e. The molecule has 1 N–H and O–H groups in total. The van der Waals surface area contributed by atoms with Crippen molar-refractivity contribution in [1.82, 2.24) is 0 Å². The second-order valence-electron chi connectivity index (χ2n) is 3.76. The predicted molar refractivity (Wildman–Crippen MR) is 61.6 cm³/mol. The van der Waals surface area contributed by atoms with Crippen LogP contribution < -0.4 is 0 Å². The Kier molecular flexibility index (Phi) is 3.75. The van der Waals surface area contributed by atoms with Crippen LogP contribution in [0, 0.1) is 13.8 Å². The van der Waals surface area contributed by atoms with E-state index in [4.69, 9.17) is 16.7 Å². The highest BCUT2D eigenvalue weighted by Crippen LogP contribution is 2.28. The van der Waals surface area contributed by atoms with Crippen molar-refractivity contribution in [3.63, 3.8) is 0 Å². The number of carboxylic acid groups (broad SMARTS) is 1. The number of aliphatic carboxylic acids is 1. The summed E-state index contributed by atoms with van der Waals surface area (Å²) in [4.78, 5) is 11.0. The van der Waals surface area contributed by atoms with E-state index < -0.39 is 11.9 Å². The van der Waals surface area contributed by atoms with E-state index in [0.717, 1.165) is 16.7 Å². The standard InChI is InChI=1S/C12H15ClO2/c1-4-9(12(14)15)10-5-8(3)11(13)6-7(10)2/h5-6,9H,4H2,1-3H3,(H,14,15). The zero-order valence-corrected chi connectivity index (χ0v) is 9.93. The number of aryl methyl sites for hydroxylation is 2. The molecular formula is C12H15ClO2. The van der Waals surface area contributed by atoms with Crippen LogP contribution in [0.4, 0.5) is 0 Å². The van der Waals surface area contributed by atoms with Gasteiger partial charge in [0.1, 0.15) is 0 Å². The van der Waals surface area contributed by atoms with E-state index >= 15 is 0 Å². The first-order chi connectivity index (χ1) is 6.97. The van der Waals surface area contributed by atoms with E-state index in [1.54, 1.807) is 0 Å². The highest BCUT2D eigenvalue weighted by atomic mass is 35.5. The molecule has 0 spiro atoms. The van der Waals surface area contributed by atoms with Crippen LogP contribution in [-0.4, -0.2) is 11.1 Å². The normalized spacial score (nSPS) is 12.5. The molecule has 1 aromatic carbocycles. The summed E-state index contributed by atoms with van der Waals surface area (Å²) in [5, 5.41) is 9.77. The third-order valence-electron chi connectivity index (χ3n) is 2.63. The second-order valence-corrected chi connectivity index (χ2v) is 4.16. The number of carbonyl (C=O) groups is 1. The van der Waals surface area contributed by atoms with Gasteiger partial charge in [-0.15, -0.1) is 0 Å². The third-order valence-corrected chi connectivity index (χ3v) is 3.04. The average Bonchev–Trinajstić information content (AvgIpc) is 2.14. The fourth-order valence-corrected chi connectivity index (χ4v) is 1.92. The molecule has 0 aromatic heterocycles. The number of benzene rings is 1. The molecule has 1 atom stereocenters. The monoisotopic (exact) mass is 226 g/mol. The number of hydrogen-bond donors (Lipinski definition) is 1. The minimum absolute atomic E-state index is 0.430. The smallest absolute Gasteiger partial charge is 0.310 e. The van der Waals surface area contributed by atoms with Gasteiger partial charge < -0.3 is 5.11 Å². The van der Waals surface area contributed by atoms with Crippen LogP contribution in [0.5, 0.6) is 0 Å². The fourth-order valence-electron chi connectivity index (χ4n) is 1.71. The molecule has 0 saturated carbocycles. The van der Waals surface area contributed by atoms with Gasteiger partial charge in [-0.1, -0.05) is 24.6 Å². The molecule has 0 aliphatic carbocycles. The summed E-state index contributed by atoms with van der Waals surface area (Å²) in [5.41, 5.74) is 2.74. The number of hydrogen-bond acceptors (Lipinski definition) is 1. The molecule has 0 aliphatic heterocycles. The summed E-state index contributed by atoms with van der Waals surface area (Å²) in [5.74, 6) is -1.21. The van der Waals surface area contributed by atoms with Crippen LogP contribution in [-0.2, 0) is 4.79 Å². The van der Waals surface area contributed by atoms with Gasteiger partial charge in [-0.25, -0.2) is 0 Å². The topological polar surface area (TPSA) is 37.3 Å². The molecule has 1 aromatic rings. The molecule has 2 nitrogen and oxygen atoms in total. The van der Waals surface area contributed by atoms with Crippen molar-refractivity contribution in [2.24, 2.45) is 0 Å². The highest BCUT2D eigenvalue weighted by Gasteiger charge is 2.20. The molecule has 0 heterocycles. The molecule has 3 heteroatoms. The molecule has 0 bridgehead atoms. The minimum atomic E-state index is -0.776. The van der Waals surface area contributed by atoms with E-state index in [9.17, 15) is 4.79 Å². The third kappa shape index (κ3) is 2.51. The Bertz CT molecular complexity index is 385. The van der Waals surface area contributed by atoms with Gasteiger partial charge in [0.2, 0.25) is 0 Å². The Labute approximate surface area is 94.9 Å². The molecular weight excluding hydrogens is 212 g/mol. The van der Waals surface area contributed by atoms with Crippen LogP contribution in [0.25, 0.3) is 0 Å². The SMILES string of the molecule is CCC(C(=O)O)c1cc(C)c(Cl)cc1C. The van der Waals surface area contributed by atoms with Gasteiger partial charge in [-0.2, -0.15) is 0 Å². The Morgan fingerprint density at radius 3 is 2.47 bits per heavy atom. The van der Waals surface area contributed by atoms with E-state index in [0.29, 0.717) is 11.4 Å². The van der Waals surface area contributed by atoms with Gasteiger partial charge in [0, 0.05) is 5.02 Å². The maximum atomic E-state index is 11.0. The van der Waals surface area contributed by atoms with Gasteiger partial charge in [0.15, 0.2) is 0 Å². The summed E-state index contributed by atoms with van der Waals surface area (Å²) in [6, 6.07) is 3.71. The highest BCUT2D eigenvalue weighted by molar-refractivity contribution is 6.31. The van der Waals surface area contributed by atoms with Gasteiger partial charge in [-0.05, 0) is 43.0 Å². The van der Waals surface area contributed by atoms with E-state index in [1.165, 1.54) is 0 Å². The maximum Gasteiger partial charge on any atom is 0.310 e. The Morgan fingerprint density at radius 2 is 2.00 bits per heavy atom. The van der Waals surface area contributed by atoms with Crippen LogP contribution in [0.3, 0.4) is 0 Å². The predicted octanol–water partition coefficient (Wildman–Crippen LogP) is 3.54. The van der Waals surface area contributed by atoms with Crippen molar-refractivity contribution < 1.29 is 9.90 Å². The van der Waals surface area contributed by atoms with Crippen molar-refractivity contribution in [3.05, 3.63) is 33.8 Å². The van der Waals surface area contributed by atoms with Crippen molar-refractivity contribution in [1.29, 1.82) is 0 Å². The zero-order valence-electron chi connectivity index (χ0n) is 9.17. The van der Waals surface area contributed by atoms with Crippen LogP contribution in [0.2, 0.25) is 5.02 Å². The first kappa shape index (κ1) is 12.1. The molecule has 1 unspecified atom stereocenters. The summed E-state index contributed by atoms with van der Waals surface area (Å²) in [6.45, 7) is 5.66. The number of rotatable bonds is 3. The van der Waals surface area contributed by atoms with Crippen molar-refractivity contribution >= 4 is 17.6 Å². The van der Waals surface area contributed by atoms with E-state index in [-0.39, 0.29) is 0 Å². The summed E-state index contributed by atoms with van der Waals surface area (Å²) in [6.07, 6.45) is 0.594. The van der Waals surface area contributed by atoms with E-state index in [1.807, 2.05) is 32.9 Å². The lowest BCUT2D eigenvalue weighted by atomic mass is 9.91. The van der Waals surface area contributed by atoms with Crippen LogP contribution in [0.1, 0.15) is 36.0 Å². The van der Waals surface area contributed by atoms with Gasteiger partial charge in [0.25, 0.3) is 0 Å². The Morgan fingerprint density at radius 1 is 1.40 bits per heavy atom. The zero-order chi connectivity index (χ0) is 11.6. The van der Waals surface area contributed by atoms with Crippen LogP contribution in [0.15, 0.2) is 12.1 Å². The van der Waals surface area contributed by atoms with Crippen LogP contribution >= 0.6 is 11.6 Å².